The van der Waals surface area contributed by atoms with Gasteiger partial charge in [0, 0.05) is 50.0 Å². The standard InChI is InChI=1S/C28H30FN5O2S2/c1-3-33-25(32-14-12-31(13-15-32)20-10-8-19(29)9-11-20)22(18(2)23(17-30)26(33)35)16-24-27(36)34(28(37)38-24)21-6-4-5-7-21/h8-11,16,21H,3-7,12-15H2,1-2H3/b24-16+. The Bertz CT molecular complexity index is 1400. The van der Waals surface area contributed by atoms with Crippen LogP contribution in [0.25, 0.3) is 6.08 Å². The van der Waals surface area contributed by atoms with Crippen molar-refractivity contribution < 1.29 is 9.18 Å². The van der Waals surface area contributed by atoms with Crippen molar-refractivity contribution in [1.82, 2.24) is 9.47 Å². The van der Waals surface area contributed by atoms with Crippen LogP contribution in [-0.2, 0) is 11.3 Å². The van der Waals surface area contributed by atoms with Crippen LogP contribution < -0.4 is 15.4 Å². The normalized spacial score (nSPS) is 19.6. The van der Waals surface area contributed by atoms with Crippen molar-refractivity contribution in [3.05, 3.63) is 62.0 Å². The zero-order valence-electron chi connectivity index (χ0n) is 21.6. The molecule has 0 unspecified atom stereocenters. The van der Waals surface area contributed by atoms with Crippen molar-refractivity contribution in [3.63, 3.8) is 0 Å². The summed E-state index contributed by atoms with van der Waals surface area (Å²) >= 11 is 6.90. The first-order valence-electron chi connectivity index (χ1n) is 13.0. The summed E-state index contributed by atoms with van der Waals surface area (Å²) in [6.07, 6.45) is 5.95. The Hall–Kier alpha value is -3.16. The van der Waals surface area contributed by atoms with Crippen molar-refractivity contribution >= 4 is 51.8 Å². The number of rotatable bonds is 5. The maximum absolute atomic E-state index is 13.5. The highest BCUT2D eigenvalue weighted by Crippen LogP contribution is 2.39. The van der Waals surface area contributed by atoms with Crippen molar-refractivity contribution in [1.29, 1.82) is 5.26 Å². The number of piperazine rings is 1. The van der Waals surface area contributed by atoms with Gasteiger partial charge >= 0.3 is 0 Å². The molecule has 7 nitrogen and oxygen atoms in total. The monoisotopic (exact) mass is 551 g/mol. The first-order valence-corrected chi connectivity index (χ1v) is 14.3. The third-order valence-corrected chi connectivity index (χ3v) is 9.05. The van der Waals surface area contributed by atoms with E-state index in [-0.39, 0.29) is 28.9 Å². The quantitative estimate of drug-likeness (QED) is 0.395. The molecule has 1 saturated carbocycles. The lowest BCUT2D eigenvalue weighted by molar-refractivity contribution is -0.123. The minimum absolute atomic E-state index is 0.0915. The second kappa shape index (κ2) is 10.9. The Morgan fingerprint density at radius 1 is 1.11 bits per heavy atom. The number of amides is 1. The van der Waals surface area contributed by atoms with Gasteiger partial charge in [-0.15, -0.1) is 0 Å². The third-order valence-electron chi connectivity index (χ3n) is 7.72. The highest BCUT2D eigenvalue weighted by Gasteiger charge is 2.38. The number of carbonyl (C=O) groups is 1. The van der Waals surface area contributed by atoms with E-state index in [4.69, 9.17) is 12.2 Å². The largest absolute Gasteiger partial charge is 0.368 e. The van der Waals surface area contributed by atoms with Gasteiger partial charge in [-0.2, -0.15) is 5.26 Å². The summed E-state index contributed by atoms with van der Waals surface area (Å²) < 4.78 is 15.6. The van der Waals surface area contributed by atoms with E-state index in [0.717, 1.165) is 37.2 Å². The summed E-state index contributed by atoms with van der Waals surface area (Å²) in [4.78, 5) is 33.4. The molecule has 5 rings (SSSR count). The fourth-order valence-electron chi connectivity index (χ4n) is 5.69. The SMILES string of the molecule is CCn1c(N2CCN(c3ccc(F)cc3)CC2)c(/C=C2/SC(=S)N(C3CCCC3)C2=O)c(C)c(C#N)c1=O. The van der Waals surface area contributed by atoms with Gasteiger partial charge in [0.25, 0.3) is 11.5 Å². The van der Waals surface area contributed by atoms with E-state index >= 15 is 0 Å². The molecule has 0 atom stereocenters. The fraction of sp³-hybridized carbons (Fsp3) is 0.429. The molecular formula is C28H30FN5O2S2. The summed E-state index contributed by atoms with van der Waals surface area (Å²) in [6, 6.07) is 8.70. The smallest absolute Gasteiger partial charge is 0.270 e. The Morgan fingerprint density at radius 3 is 2.34 bits per heavy atom. The van der Waals surface area contributed by atoms with Crippen molar-refractivity contribution in [3.8, 4) is 6.07 Å². The average Bonchev–Trinajstić information content (AvgIpc) is 3.53. The summed E-state index contributed by atoms with van der Waals surface area (Å²) in [7, 11) is 0. The zero-order valence-corrected chi connectivity index (χ0v) is 23.2. The molecule has 2 aliphatic heterocycles. The van der Waals surface area contributed by atoms with Crippen LogP contribution in [0, 0.1) is 24.1 Å². The van der Waals surface area contributed by atoms with Gasteiger partial charge in [0.15, 0.2) is 0 Å². The molecule has 1 aromatic carbocycles. The van der Waals surface area contributed by atoms with Gasteiger partial charge in [0.2, 0.25) is 0 Å². The van der Waals surface area contributed by atoms with E-state index in [2.05, 4.69) is 15.9 Å². The molecular weight excluding hydrogens is 521 g/mol. The number of aromatic nitrogens is 1. The summed E-state index contributed by atoms with van der Waals surface area (Å²) in [6.45, 7) is 6.70. The summed E-state index contributed by atoms with van der Waals surface area (Å²) in [5.41, 5.74) is 2.01. The molecule has 0 spiro atoms. The number of pyridine rings is 1. The van der Waals surface area contributed by atoms with Gasteiger partial charge < -0.3 is 9.80 Å². The number of benzene rings is 1. The Balaban J connectivity index is 1.53. The lowest BCUT2D eigenvalue weighted by Gasteiger charge is -2.39. The second-order valence-electron chi connectivity index (χ2n) is 9.84. The summed E-state index contributed by atoms with van der Waals surface area (Å²) in [5, 5.41) is 9.83. The minimum Gasteiger partial charge on any atom is -0.368 e. The van der Waals surface area contributed by atoms with Gasteiger partial charge in [-0.05, 0) is 62.6 Å². The number of carbonyl (C=O) groups excluding carboxylic acids is 1. The molecule has 0 N–H and O–H groups in total. The van der Waals surface area contributed by atoms with Gasteiger partial charge in [-0.1, -0.05) is 36.8 Å². The predicted molar refractivity (Wildman–Crippen MR) is 154 cm³/mol. The van der Waals surface area contributed by atoms with Crippen LogP contribution in [0.2, 0.25) is 0 Å². The fourth-order valence-corrected chi connectivity index (χ4v) is 7.08. The van der Waals surface area contributed by atoms with Crippen LogP contribution in [0.5, 0.6) is 0 Å². The molecule has 1 aliphatic carbocycles. The molecule has 0 bridgehead atoms. The average molecular weight is 552 g/mol. The molecule has 2 saturated heterocycles. The molecule has 3 aliphatic rings. The van der Waals surface area contributed by atoms with Crippen molar-refractivity contribution in [2.24, 2.45) is 0 Å². The van der Waals surface area contributed by atoms with E-state index < -0.39 is 0 Å². The van der Waals surface area contributed by atoms with Gasteiger partial charge in [-0.25, -0.2) is 4.39 Å². The molecule has 1 aromatic heterocycles. The second-order valence-corrected chi connectivity index (χ2v) is 11.5. The maximum atomic E-state index is 13.5. The van der Waals surface area contributed by atoms with E-state index in [1.165, 1.54) is 23.9 Å². The number of hydrogen-bond acceptors (Lipinski definition) is 7. The molecule has 198 valence electrons. The Labute approximate surface area is 231 Å². The summed E-state index contributed by atoms with van der Waals surface area (Å²) in [5.74, 6) is 0.361. The maximum Gasteiger partial charge on any atom is 0.270 e. The molecule has 38 heavy (non-hydrogen) atoms. The van der Waals surface area contributed by atoms with Crippen molar-refractivity contribution in [2.45, 2.75) is 52.1 Å². The number of nitrogens with zero attached hydrogens (tertiary/aromatic N) is 5. The molecule has 1 amide bonds. The van der Waals surface area contributed by atoms with Crippen LogP contribution in [0.4, 0.5) is 15.9 Å². The van der Waals surface area contributed by atoms with E-state index in [1.807, 2.05) is 13.0 Å². The lowest BCUT2D eigenvalue weighted by Crippen LogP contribution is -2.48. The van der Waals surface area contributed by atoms with Crippen LogP contribution in [-0.4, -0.2) is 51.9 Å². The lowest BCUT2D eigenvalue weighted by atomic mass is 10.0. The number of thiocarbonyl (C=S) groups is 1. The van der Waals surface area contributed by atoms with Crippen LogP contribution in [0.3, 0.4) is 0 Å². The van der Waals surface area contributed by atoms with Gasteiger partial charge in [0.1, 0.15) is 27.6 Å². The topological polar surface area (TPSA) is 72.6 Å². The third kappa shape index (κ3) is 4.74. The highest BCUT2D eigenvalue weighted by atomic mass is 32.2. The van der Waals surface area contributed by atoms with E-state index in [0.29, 0.717) is 53.1 Å². The zero-order chi connectivity index (χ0) is 27.0. The first-order chi connectivity index (χ1) is 18.3. The van der Waals surface area contributed by atoms with Crippen LogP contribution >= 0.6 is 24.0 Å². The number of anilines is 2. The van der Waals surface area contributed by atoms with Gasteiger partial charge in [-0.3, -0.25) is 19.1 Å². The highest BCUT2D eigenvalue weighted by molar-refractivity contribution is 8.26. The predicted octanol–water partition coefficient (Wildman–Crippen LogP) is 4.66. The molecule has 2 aromatic rings. The van der Waals surface area contributed by atoms with Crippen molar-refractivity contribution in [2.75, 3.05) is 36.0 Å². The molecule has 10 heteroatoms. The molecule has 3 heterocycles. The minimum atomic E-state index is -0.320. The Morgan fingerprint density at radius 2 is 1.74 bits per heavy atom. The Kier molecular flexibility index (Phi) is 7.59. The van der Waals surface area contributed by atoms with E-state index in [9.17, 15) is 19.2 Å². The van der Waals surface area contributed by atoms with Crippen LogP contribution in [0.1, 0.15) is 49.3 Å². The number of thioether (sulfide) groups is 1. The van der Waals surface area contributed by atoms with E-state index in [1.54, 1.807) is 28.5 Å². The van der Waals surface area contributed by atoms with Gasteiger partial charge in [0.05, 0.1) is 4.91 Å². The number of halogens is 1. The first kappa shape index (κ1) is 26.4. The van der Waals surface area contributed by atoms with Crippen LogP contribution in [0.15, 0.2) is 34.0 Å². The molecule has 3 fully saturated rings. The number of hydrogen-bond donors (Lipinski definition) is 0. The number of nitriles is 1. The molecule has 0 radical (unpaired) electrons.